The molecule has 0 amide bonds. The predicted octanol–water partition coefficient (Wildman–Crippen LogP) is 2.72. The topological polar surface area (TPSA) is 51.4 Å². The van der Waals surface area contributed by atoms with E-state index in [1.807, 2.05) is 13.8 Å². The number of anilines is 1. The highest BCUT2D eigenvalue weighted by Gasteiger charge is 2.26. The van der Waals surface area contributed by atoms with Crippen LogP contribution >= 0.6 is 11.3 Å². The Balaban J connectivity index is 2.26. The molecule has 1 saturated heterocycles. The lowest BCUT2D eigenvalue weighted by atomic mass is 10.0. The Morgan fingerprint density at radius 1 is 1.53 bits per heavy atom. The standard InChI is InChI=1S/C14H25N3OS/c1-10-6-5-7-17(8-10)13-16-11(9-18-4)12(19-13)14(2,3)15/h10H,5-9,15H2,1-4H3. The van der Waals surface area contributed by atoms with Crippen molar-refractivity contribution in [2.24, 2.45) is 11.7 Å². The third-order valence-electron chi connectivity index (χ3n) is 3.48. The van der Waals surface area contributed by atoms with Crippen molar-refractivity contribution in [3.05, 3.63) is 10.6 Å². The van der Waals surface area contributed by atoms with Crippen LogP contribution in [0.25, 0.3) is 0 Å². The summed E-state index contributed by atoms with van der Waals surface area (Å²) in [4.78, 5) is 8.30. The lowest BCUT2D eigenvalue weighted by molar-refractivity contribution is 0.180. The SMILES string of the molecule is COCc1nc(N2CCCC(C)C2)sc1C(C)(C)N. The fraction of sp³-hybridized carbons (Fsp3) is 0.786. The third-order valence-corrected chi connectivity index (χ3v) is 4.98. The first kappa shape index (κ1) is 14.8. The molecule has 0 bridgehead atoms. The Morgan fingerprint density at radius 2 is 2.26 bits per heavy atom. The average molecular weight is 283 g/mol. The molecule has 19 heavy (non-hydrogen) atoms. The van der Waals surface area contributed by atoms with Gasteiger partial charge in [-0.25, -0.2) is 4.98 Å². The van der Waals surface area contributed by atoms with Crippen molar-refractivity contribution in [3.63, 3.8) is 0 Å². The molecule has 0 aromatic carbocycles. The monoisotopic (exact) mass is 283 g/mol. The Bertz CT molecular complexity index is 425. The highest BCUT2D eigenvalue weighted by atomic mass is 32.1. The molecule has 2 N–H and O–H groups in total. The maximum Gasteiger partial charge on any atom is 0.185 e. The van der Waals surface area contributed by atoms with Crippen LogP contribution in [0.4, 0.5) is 5.13 Å². The minimum atomic E-state index is -0.356. The average Bonchev–Trinajstić information content (AvgIpc) is 2.73. The van der Waals surface area contributed by atoms with Gasteiger partial charge in [0.1, 0.15) is 0 Å². The second-order valence-electron chi connectivity index (χ2n) is 6.12. The van der Waals surface area contributed by atoms with Gasteiger partial charge < -0.3 is 15.4 Å². The summed E-state index contributed by atoms with van der Waals surface area (Å²) >= 11 is 1.72. The number of nitrogens with two attached hydrogens (primary N) is 1. The molecule has 108 valence electrons. The molecule has 1 aromatic rings. The van der Waals surface area contributed by atoms with E-state index in [4.69, 9.17) is 15.5 Å². The van der Waals surface area contributed by atoms with E-state index in [1.54, 1.807) is 18.4 Å². The molecular weight excluding hydrogens is 258 g/mol. The maximum absolute atomic E-state index is 6.25. The lowest BCUT2D eigenvalue weighted by Gasteiger charge is -2.30. The van der Waals surface area contributed by atoms with Crippen LogP contribution < -0.4 is 10.6 Å². The molecule has 0 aliphatic carbocycles. The van der Waals surface area contributed by atoms with E-state index in [0.29, 0.717) is 6.61 Å². The van der Waals surface area contributed by atoms with Gasteiger partial charge in [-0.2, -0.15) is 0 Å². The summed E-state index contributed by atoms with van der Waals surface area (Å²) in [5, 5.41) is 1.10. The van der Waals surface area contributed by atoms with E-state index in [9.17, 15) is 0 Å². The molecule has 1 aliphatic heterocycles. The minimum Gasteiger partial charge on any atom is -0.378 e. The van der Waals surface area contributed by atoms with Gasteiger partial charge in [0.2, 0.25) is 0 Å². The summed E-state index contributed by atoms with van der Waals surface area (Å²) in [6.45, 7) is 9.11. The van der Waals surface area contributed by atoms with E-state index in [2.05, 4.69) is 11.8 Å². The van der Waals surface area contributed by atoms with Gasteiger partial charge >= 0.3 is 0 Å². The first-order valence-electron chi connectivity index (χ1n) is 6.94. The first-order valence-corrected chi connectivity index (χ1v) is 7.76. The lowest BCUT2D eigenvalue weighted by Crippen LogP contribution is -2.34. The van der Waals surface area contributed by atoms with Crippen LogP contribution in [0.2, 0.25) is 0 Å². The van der Waals surface area contributed by atoms with Crippen LogP contribution in [-0.4, -0.2) is 25.2 Å². The molecule has 2 heterocycles. The van der Waals surface area contributed by atoms with Gasteiger partial charge in [-0.05, 0) is 32.6 Å². The summed E-state index contributed by atoms with van der Waals surface area (Å²) in [6, 6.07) is 0. The molecule has 1 atom stereocenters. The zero-order valence-corrected chi connectivity index (χ0v) is 13.2. The Labute approximate surface area is 120 Å². The van der Waals surface area contributed by atoms with E-state index in [-0.39, 0.29) is 5.54 Å². The van der Waals surface area contributed by atoms with Crippen LogP contribution in [0.3, 0.4) is 0 Å². The summed E-state index contributed by atoms with van der Waals surface area (Å²) in [5.41, 5.74) is 6.89. The summed E-state index contributed by atoms with van der Waals surface area (Å²) < 4.78 is 5.26. The van der Waals surface area contributed by atoms with E-state index in [0.717, 1.165) is 34.7 Å². The van der Waals surface area contributed by atoms with Gasteiger partial charge in [-0.15, -0.1) is 0 Å². The van der Waals surface area contributed by atoms with Crippen LogP contribution in [0.15, 0.2) is 0 Å². The minimum absolute atomic E-state index is 0.356. The molecule has 1 fully saturated rings. The molecule has 1 aromatic heterocycles. The number of aromatic nitrogens is 1. The molecule has 2 rings (SSSR count). The van der Waals surface area contributed by atoms with Crippen LogP contribution in [0.1, 0.15) is 44.2 Å². The fourth-order valence-electron chi connectivity index (χ4n) is 2.58. The molecular formula is C14H25N3OS. The highest BCUT2D eigenvalue weighted by Crippen LogP contribution is 2.35. The fourth-order valence-corrected chi connectivity index (χ4v) is 3.69. The summed E-state index contributed by atoms with van der Waals surface area (Å²) in [5.74, 6) is 0.748. The van der Waals surface area contributed by atoms with Gasteiger partial charge in [0.15, 0.2) is 5.13 Å². The number of rotatable bonds is 4. The molecule has 1 aliphatic rings. The van der Waals surface area contributed by atoms with Crippen molar-refractivity contribution < 1.29 is 4.74 Å². The van der Waals surface area contributed by atoms with Gasteiger partial charge in [0.25, 0.3) is 0 Å². The summed E-state index contributed by atoms with van der Waals surface area (Å²) in [6.07, 6.45) is 2.57. The van der Waals surface area contributed by atoms with Gasteiger partial charge in [0, 0.05) is 25.7 Å². The highest BCUT2D eigenvalue weighted by molar-refractivity contribution is 7.15. The smallest absolute Gasteiger partial charge is 0.185 e. The molecule has 0 saturated carbocycles. The molecule has 1 unspecified atom stereocenters. The normalized spacial score (nSPS) is 20.9. The third kappa shape index (κ3) is 3.46. The second kappa shape index (κ2) is 5.77. The molecule has 4 nitrogen and oxygen atoms in total. The number of thiazole rings is 1. The van der Waals surface area contributed by atoms with E-state index >= 15 is 0 Å². The molecule has 0 spiro atoms. The Hall–Kier alpha value is -0.650. The number of ether oxygens (including phenoxy) is 1. The van der Waals surface area contributed by atoms with Crippen molar-refractivity contribution in [2.75, 3.05) is 25.1 Å². The predicted molar refractivity (Wildman–Crippen MR) is 80.7 cm³/mol. The van der Waals surface area contributed by atoms with Crippen molar-refractivity contribution in [2.45, 2.75) is 45.8 Å². The number of methoxy groups -OCH3 is 1. The van der Waals surface area contributed by atoms with Gasteiger partial charge in [-0.3, -0.25) is 0 Å². The zero-order chi connectivity index (χ0) is 14.0. The Morgan fingerprint density at radius 3 is 2.84 bits per heavy atom. The number of nitrogens with zero attached hydrogens (tertiary/aromatic N) is 2. The van der Waals surface area contributed by atoms with Crippen LogP contribution in [-0.2, 0) is 16.9 Å². The quantitative estimate of drug-likeness (QED) is 0.923. The molecule has 5 heteroatoms. The molecule has 0 radical (unpaired) electrons. The zero-order valence-electron chi connectivity index (χ0n) is 12.4. The first-order chi connectivity index (χ1) is 8.91. The largest absolute Gasteiger partial charge is 0.378 e. The van der Waals surface area contributed by atoms with Crippen LogP contribution in [0.5, 0.6) is 0 Å². The number of piperidine rings is 1. The second-order valence-corrected chi connectivity index (χ2v) is 7.10. The van der Waals surface area contributed by atoms with Crippen molar-refractivity contribution in [3.8, 4) is 0 Å². The van der Waals surface area contributed by atoms with Crippen molar-refractivity contribution in [1.29, 1.82) is 0 Å². The van der Waals surface area contributed by atoms with E-state index < -0.39 is 0 Å². The number of hydrogen-bond acceptors (Lipinski definition) is 5. The van der Waals surface area contributed by atoms with Gasteiger partial charge in [-0.1, -0.05) is 18.3 Å². The maximum atomic E-state index is 6.25. The van der Waals surface area contributed by atoms with Crippen molar-refractivity contribution >= 4 is 16.5 Å². The van der Waals surface area contributed by atoms with E-state index in [1.165, 1.54) is 12.8 Å². The summed E-state index contributed by atoms with van der Waals surface area (Å²) in [7, 11) is 1.70. The van der Waals surface area contributed by atoms with Crippen LogP contribution in [0, 0.1) is 5.92 Å². The number of hydrogen-bond donors (Lipinski definition) is 1. The Kier molecular flexibility index (Phi) is 4.48. The van der Waals surface area contributed by atoms with Gasteiger partial charge in [0.05, 0.1) is 17.2 Å². The van der Waals surface area contributed by atoms with Crippen molar-refractivity contribution in [1.82, 2.24) is 4.98 Å².